The van der Waals surface area contributed by atoms with Crippen LogP contribution in [0.15, 0.2) is 28.9 Å². The Hall–Kier alpha value is -0.980. The molecule has 0 saturated carbocycles. The van der Waals surface area contributed by atoms with Crippen LogP contribution < -0.4 is 10.1 Å². The molecule has 4 nitrogen and oxygen atoms in total. The summed E-state index contributed by atoms with van der Waals surface area (Å²) in [4.78, 5) is 1.17. The summed E-state index contributed by atoms with van der Waals surface area (Å²) in [5.41, 5.74) is 1.25. The number of nitrogens with one attached hydrogen (secondary N) is 1. The highest BCUT2D eigenvalue weighted by Crippen LogP contribution is 2.28. The van der Waals surface area contributed by atoms with E-state index in [9.17, 15) is 0 Å². The largest absolute Gasteiger partial charge is 0.496 e. The highest BCUT2D eigenvalue weighted by molar-refractivity contribution is 9.10. The van der Waals surface area contributed by atoms with Gasteiger partial charge in [-0.05, 0) is 64.5 Å². The molecule has 0 saturated heterocycles. The van der Waals surface area contributed by atoms with Gasteiger partial charge in [0.15, 0.2) is 0 Å². The van der Waals surface area contributed by atoms with Crippen molar-refractivity contribution >= 4 is 27.5 Å². The van der Waals surface area contributed by atoms with Gasteiger partial charge in [-0.1, -0.05) is 17.5 Å². The van der Waals surface area contributed by atoms with Crippen molar-refractivity contribution in [3.63, 3.8) is 0 Å². The van der Waals surface area contributed by atoms with Gasteiger partial charge in [-0.25, -0.2) is 0 Å². The Bertz CT molecular complexity index is 533. The molecule has 0 bridgehead atoms. The summed E-state index contributed by atoms with van der Waals surface area (Å²) < 4.78 is 10.2. The molecule has 1 aromatic heterocycles. The van der Waals surface area contributed by atoms with E-state index in [0.717, 1.165) is 29.6 Å². The van der Waals surface area contributed by atoms with Gasteiger partial charge >= 0.3 is 0 Å². The molecule has 0 spiro atoms. The topological polar surface area (TPSA) is 47.0 Å². The Morgan fingerprint density at radius 2 is 2.30 bits per heavy atom. The summed E-state index contributed by atoms with van der Waals surface area (Å²) in [7, 11) is 1.67. The summed E-state index contributed by atoms with van der Waals surface area (Å²) in [5.74, 6) is 0.853. The summed E-state index contributed by atoms with van der Waals surface area (Å²) in [5, 5.41) is 7.49. The van der Waals surface area contributed by atoms with E-state index in [-0.39, 0.29) is 6.04 Å². The van der Waals surface area contributed by atoms with E-state index in [2.05, 4.69) is 49.9 Å². The average Bonchev–Trinajstić information content (AvgIpc) is 2.97. The Morgan fingerprint density at radius 3 is 2.90 bits per heavy atom. The number of rotatable bonds is 7. The van der Waals surface area contributed by atoms with Gasteiger partial charge in [0.25, 0.3) is 0 Å². The van der Waals surface area contributed by atoms with E-state index < -0.39 is 0 Å². The van der Waals surface area contributed by atoms with Gasteiger partial charge in [0.05, 0.1) is 22.7 Å². The standard InChI is InChI=1S/C14H18BrN3OS/c1-3-6-16-12(14-9-17-18-20-14)8-10-4-5-13(19-2)11(15)7-10/h4-5,7,9,12,16H,3,6,8H2,1-2H3. The first-order chi connectivity index (χ1) is 9.74. The Morgan fingerprint density at radius 1 is 1.45 bits per heavy atom. The molecule has 1 unspecified atom stereocenters. The molecule has 0 radical (unpaired) electrons. The van der Waals surface area contributed by atoms with E-state index in [1.165, 1.54) is 22.0 Å². The molecule has 6 heteroatoms. The van der Waals surface area contributed by atoms with Crippen LogP contribution in [0.1, 0.15) is 29.8 Å². The van der Waals surface area contributed by atoms with Gasteiger partial charge in [0.1, 0.15) is 5.75 Å². The lowest BCUT2D eigenvalue weighted by Gasteiger charge is -2.17. The number of hydrogen-bond donors (Lipinski definition) is 1. The van der Waals surface area contributed by atoms with Crippen molar-refractivity contribution in [1.29, 1.82) is 0 Å². The first-order valence-corrected chi connectivity index (χ1v) is 8.14. The zero-order valence-corrected chi connectivity index (χ0v) is 14.0. The monoisotopic (exact) mass is 355 g/mol. The minimum Gasteiger partial charge on any atom is -0.496 e. The summed E-state index contributed by atoms with van der Waals surface area (Å²) >= 11 is 4.98. The van der Waals surface area contributed by atoms with Gasteiger partial charge < -0.3 is 10.1 Å². The highest BCUT2D eigenvalue weighted by atomic mass is 79.9. The van der Waals surface area contributed by atoms with E-state index in [1.54, 1.807) is 7.11 Å². The molecule has 2 rings (SSSR count). The third kappa shape index (κ3) is 4.01. The van der Waals surface area contributed by atoms with Gasteiger partial charge in [0.2, 0.25) is 0 Å². The van der Waals surface area contributed by atoms with E-state index in [1.807, 2.05) is 12.3 Å². The van der Waals surface area contributed by atoms with Crippen LogP contribution in [0.2, 0.25) is 0 Å². The quantitative estimate of drug-likeness (QED) is 0.824. The third-order valence-electron chi connectivity index (χ3n) is 3.02. The van der Waals surface area contributed by atoms with Gasteiger partial charge in [-0.2, -0.15) is 0 Å². The van der Waals surface area contributed by atoms with Crippen molar-refractivity contribution in [2.24, 2.45) is 0 Å². The number of aromatic nitrogens is 2. The lowest BCUT2D eigenvalue weighted by molar-refractivity contribution is 0.412. The fraction of sp³-hybridized carbons (Fsp3) is 0.429. The van der Waals surface area contributed by atoms with Crippen LogP contribution in [0.5, 0.6) is 5.75 Å². The smallest absolute Gasteiger partial charge is 0.133 e. The number of benzene rings is 1. The molecule has 1 aromatic carbocycles. The predicted molar refractivity (Wildman–Crippen MR) is 85.3 cm³/mol. The minimum atomic E-state index is 0.259. The molecule has 1 atom stereocenters. The molecule has 0 fully saturated rings. The van der Waals surface area contributed by atoms with Gasteiger partial charge in [-0.15, -0.1) is 5.10 Å². The Balaban J connectivity index is 2.13. The first-order valence-electron chi connectivity index (χ1n) is 6.57. The lowest BCUT2D eigenvalue weighted by atomic mass is 10.0. The van der Waals surface area contributed by atoms with Crippen LogP contribution >= 0.6 is 27.5 Å². The van der Waals surface area contributed by atoms with Crippen molar-refractivity contribution in [1.82, 2.24) is 14.9 Å². The molecule has 0 aliphatic heterocycles. The molecule has 0 aliphatic rings. The van der Waals surface area contributed by atoms with Gasteiger partial charge in [0, 0.05) is 6.04 Å². The molecule has 1 heterocycles. The van der Waals surface area contributed by atoms with Crippen molar-refractivity contribution in [2.75, 3.05) is 13.7 Å². The SMILES string of the molecule is CCCNC(Cc1ccc(OC)c(Br)c1)c1cnns1. The maximum atomic E-state index is 5.26. The van der Waals surface area contributed by atoms with Gasteiger partial charge in [-0.3, -0.25) is 0 Å². The summed E-state index contributed by atoms with van der Waals surface area (Å²) in [6.45, 7) is 3.15. The second-order valence-corrected chi connectivity index (χ2v) is 6.17. The molecule has 0 aliphatic carbocycles. The fourth-order valence-electron chi connectivity index (χ4n) is 1.99. The lowest BCUT2D eigenvalue weighted by Crippen LogP contribution is -2.23. The molecular weight excluding hydrogens is 338 g/mol. The molecule has 2 aromatic rings. The number of hydrogen-bond acceptors (Lipinski definition) is 5. The third-order valence-corrected chi connectivity index (χ3v) is 4.41. The van der Waals surface area contributed by atoms with Crippen molar-refractivity contribution in [3.8, 4) is 5.75 Å². The summed E-state index contributed by atoms with van der Waals surface area (Å²) in [6, 6.07) is 6.45. The molecule has 20 heavy (non-hydrogen) atoms. The van der Waals surface area contributed by atoms with Crippen molar-refractivity contribution < 1.29 is 4.74 Å². The van der Waals surface area contributed by atoms with Crippen LogP contribution in [-0.4, -0.2) is 23.2 Å². The maximum absolute atomic E-state index is 5.26. The second kappa shape index (κ2) is 7.71. The Labute approximate surface area is 131 Å². The predicted octanol–water partition coefficient (Wildman–Crippen LogP) is 3.59. The van der Waals surface area contributed by atoms with Crippen LogP contribution in [0.3, 0.4) is 0 Å². The number of ether oxygens (including phenoxy) is 1. The average molecular weight is 356 g/mol. The number of methoxy groups -OCH3 is 1. The molecule has 1 N–H and O–H groups in total. The van der Waals surface area contributed by atoms with Crippen LogP contribution in [0.25, 0.3) is 0 Å². The van der Waals surface area contributed by atoms with Crippen LogP contribution in [0, 0.1) is 0 Å². The van der Waals surface area contributed by atoms with Crippen molar-refractivity contribution in [2.45, 2.75) is 25.8 Å². The van der Waals surface area contributed by atoms with Crippen LogP contribution in [0.4, 0.5) is 0 Å². The van der Waals surface area contributed by atoms with E-state index >= 15 is 0 Å². The second-order valence-electron chi connectivity index (χ2n) is 4.50. The normalized spacial score (nSPS) is 12.3. The summed E-state index contributed by atoms with van der Waals surface area (Å²) in [6.07, 6.45) is 3.86. The molecular formula is C14H18BrN3OS. The van der Waals surface area contributed by atoms with Crippen molar-refractivity contribution in [3.05, 3.63) is 39.3 Å². The number of nitrogens with zero attached hydrogens (tertiary/aromatic N) is 2. The van der Waals surface area contributed by atoms with E-state index in [0.29, 0.717) is 0 Å². The fourth-order valence-corrected chi connectivity index (χ4v) is 3.16. The minimum absolute atomic E-state index is 0.259. The first kappa shape index (κ1) is 15.4. The van der Waals surface area contributed by atoms with E-state index in [4.69, 9.17) is 4.74 Å². The molecule has 108 valence electrons. The zero-order valence-electron chi connectivity index (χ0n) is 11.6. The maximum Gasteiger partial charge on any atom is 0.133 e. The highest BCUT2D eigenvalue weighted by Gasteiger charge is 2.14. The Kier molecular flexibility index (Phi) is 5.94. The number of halogens is 1. The van der Waals surface area contributed by atoms with Crippen LogP contribution in [-0.2, 0) is 6.42 Å². The molecule has 0 amide bonds. The zero-order chi connectivity index (χ0) is 14.4.